The van der Waals surface area contributed by atoms with Gasteiger partial charge in [-0.15, -0.1) is 0 Å². The zero-order chi connectivity index (χ0) is 24.6. The maximum atomic E-state index is 10.5. The van der Waals surface area contributed by atoms with E-state index in [1.165, 1.54) is 6.92 Å². The first-order valence-corrected chi connectivity index (χ1v) is 10.4. The van der Waals surface area contributed by atoms with Crippen molar-refractivity contribution in [3.05, 3.63) is 0 Å². The highest BCUT2D eigenvalue weighted by molar-refractivity contribution is 4.96. The molecule has 194 valence electrons. The Labute approximate surface area is 187 Å². The third-order valence-corrected chi connectivity index (χ3v) is 6.05. The van der Waals surface area contributed by atoms with Crippen LogP contribution in [0.3, 0.4) is 0 Å². The topological polar surface area (TPSA) is 248 Å². The second-order valence-corrected chi connectivity index (χ2v) is 8.32. The summed E-state index contributed by atoms with van der Waals surface area (Å²) in [5.41, 5.74) is 0. The van der Waals surface area contributed by atoms with Crippen molar-refractivity contribution in [2.75, 3.05) is 13.2 Å². The van der Waals surface area contributed by atoms with Crippen LogP contribution in [0.5, 0.6) is 0 Å². The van der Waals surface area contributed by atoms with Crippen LogP contribution in [-0.2, 0) is 23.7 Å². The average molecular weight is 488 g/mol. The molecule has 15 nitrogen and oxygen atoms in total. The summed E-state index contributed by atoms with van der Waals surface area (Å²) < 4.78 is 26.9. The lowest BCUT2D eigenvalue weighted by Crippen LogP contribution is -2.66. The monoisotopic (exact) mass is 488 g/mol. The van der Waals surface area contributed by atoms with Gasteiger partial charge >= 0.3 is 0 Å². The Morgan fingerprint density at radius 1 is 0.545 bits per heavy atom. The van der Waals surface area contributed by atoms with Crippen LogP contribution in [0.1, 0.15) is 6.92 Å². The number of aliphatic hydroxyl groups is 10. The van der Waals surface area contributed by atoms with Crippen molar-refractivity contribution in [3.63, 3.8) is 0 Å². The molecule has 0 saturated carbocycles. The van der Waals surface area contributed by atoms with Crippen molar-refractivity contribution in [2.45, 2.75) is 99.0 Å². The highest BCUT2D eigenvalue weighted by Crippen LogP contribution is 2.32. The molecule has 3 fully saturated rings. The zero-order valence-corrected chi connectivity index (χ0v) is 17.6. The van der Waals surface area contributed by atoms with Crippen molar-refractivity contribution in [3.8, 4) is 0 Å². The van der Waals surface area contributed by atoms with Crippen molar-refractivity contribution >= 4 is 0 Å². The first kappa shape index (κ1) is 27.0. The molecule has 0 spiro atoms. The van der Waals surface area contributed by atoms with E-state index in [-0.39, 0.29) is 0 Å². The molecule has 15 atom stereocenters. The molecule has 15 heteroatoms. The molecule has 0 aromatic carbocycles. The second kappa shape index (κ2) is 11.0. The van der Waals surface area contributed by atoms with Crippen LogP contribution < -0.4 is 0 Å². The molecule has 33 heavy (non-hydrogen) atoms. The van der Waals surface area contributed by atoms with Gasteiger partial charge in [-0.25, -0.2) is 0 Å². The summed E-state index contributed by atoms with van der Waals surface area (Å²) in [5, 5.41) is 99.8. The highest BCUT2D eigenvalue weighted by atomic mass is 16.8. The molecule has 3 aliphatic heterocycles. The van der Waals surface area contributed by atoms with Gasteiger partial charge in [0.25, 0.3) is 0 Å². The summed E-state index contributed by atoms with van der Waals surface area (Å²) in [4.78, 5) is 0. The maximum Gasteiger partial charge on any atom is 0.187 e. The Morgan fingerprint density at radius 2 is 1.06 bits per heavy atom. The van der Waals surface area contributed by atoms with Crippen molar-refractivity contribution in [1.29, 1.82) is 0 Å². The molecular formula is C18H32O15. The Morgan fingerprint density at radius 3 is 1.64 bits per heavy atom. The molecular weight excluding hydrogens is 456 g/mol. The van der Waals surface area contributed by atoms with Gasteiger partial charge in [0.15, 0.2) is 18.9 Å². The minimum absolute atomic E-state index is 0.739. The van der Waals surface area contributed by atoms with Crippen molar-refractivity contribution < 1.29 is 74.7 Å². The van der Waals surface area contributed by atoms with E-state index in [0.29, 0.717) is 0 Å². The molecule has 0 amide bonds. The molecule has 3 saturated heterocycles. The largest absolute Gasteiger partial charge is 0.394 e. The number of aliphatic hydroxyl groups excluding tert-OH is 10. The average Bonchev–Trinajstić information content (AvgIpc) is 2.80. The van der Waals surface area contributed by atoms with Crippen LogP contribution in [0.25, 0.3) is 0 Å². The van der Waals surface area contributed by atoms with Gasteiger partial charge in [-0.05, 0) is 6.92 Å². The van der Waals surface area contributed by atoms with Crippen LogP contribution in [0.15, 0.2) is 0 Å². The number of rotatable bonds is 6. The Hall–Kier alpha value is -0.600. The van der Waals surface area contributed by atoms with Crippen molar-refractivity contribution in [1.82, 2.24) is 0 Å². The Balaban J connectivity index is 1.83. The summed E-state index contributed by atoms with van der Waals surface area (Å²) in [5.74, 6) is 0. The van der Waals surface area contributed by atoms with Gasteiger partial charge in [0, 0.05) is 0 Å². The standard InChI is InChI=1S/C18H32O15/c1-4-7(21)9(23)11(25)17(29-4)33-15-13(27)16(28)30-6(3-20)14(15)32-18-12(26)10(24)8(22)5(2-19)31-18/h4-28H,2-3H2,1H3/t4?,5?,6?,7-,8+,9?,10?,11+,12?,13?,14-,15-,16+,17+,18+/m1/s1. The minimum Gasteiger partial charge on any atom is -0.394 e. The van der Waals surface area contributed by atoms with E-state index in [1.54, 1.807) is 0 Å². The summed E-state index contributed by atoms with van der Waals surface area (Å²) in [6.07, 6.45) is -24.0. The van der Waals surface area contributed by atoms with Gasteiger partial charge in [0.2, 0.25) is 0 Å². The molecule has 0 aromatic heterocycles. The smallest absolute Gasteiger partial charge is 0.187 e. The fraction of sp³-hybridized carbons (Fsp3) is 1.00. The highest BCUT2D eigenvalue weighted by Gasteiger charge is 2.53. The second-order valence-electron chi connectivity index (χ2n) is 8.32. The van der Waals surface area contributed by atoms with Gasteiger partial charge in [-0.3, -0.25) is 0 Å². The molecule has 0 bridgehead atoms. The van der Waals surface area contributed by atoms with E-state index >= 15 is 0 Å². The molecule has 0 radical (unpaired) electrons. The fourth-order valence-electron chi connectivity index (χ4n) is 3.99. The summed E-state index contributed by atoms with van der Waals surface area (Å²) >= 11 is 0. The van der Waals surface area contributed by atoms with Gasteiger partial charge in [0.05, 0.1) is 19.3 Å². The third-order valence-electron chi connectivity index (χ3n) is 6.05. The van der Waals surface area contributed by atoms with Gasteiger partial charge in [-0.2, -0.15) is 0 Å². The van der Waals surface area contributed by atoms with Crippen LogP contribution in [-0.4, -0.2) is 156 Å². The molecule has 7 unspecified atom stereocenters. The molecule has 0 aliphatic carbocycles. The summed E-state index contributed by atoms with van der Waals surface area (Å²) in [6, 6.07) is 0. The predicted molar refractivity (Wildman–Crippen MR) is 99.8 cm³/mol. The summed E-state index contributed by atoms with van der Waals surface area (Å²) in [7, 11) is 0. The SMILES string of the molecule is CC1O[C@@H](O[C@@H]2C(O)[C@@H](O)OC(CO)[C@H]2O[C@@H]2OC(CO)[C@H](O)C(O)C2O)[C@@H](O)C(O)[C@@H]1O. The van der Waals surface area contributed by atoms with E-state index in [9.17, 15) is 51.1 Å². The van der Waals surface area contributed by atoms with Crippen LogP contribution >= 0.6 is 0 Å². The minimum atomic E-state index is -1.88. The van der Waals surface area contributed by atoms with E-state index in [4.69, 9.17) is 23.7 Å². The Bertz CT molecular complexity index is 624. The van der Waals surface area contributed by atoms with E-state index in [1.807, 2.05) is 0 Å². The quantitative estimate of drug-likeness (QED) is 0.167. The van der Waals surface area contributed by atoms with Crippen LogP contribution in [0, 0.1) is 0 Å². The molecule has 3 aliphatic rings. The third kappa shape index (κ3) is 5.32. The van der Waals surface area contributed by atoms with Crippen LogP contribution in [0.2, 0.25) is 0 Å². The van der Waals surface area contributed by atoms with Gasteiger partial charge in [-0.1, -0.05) is 0 Å². The predicted octanol–water partition coefficient (Wildman–Crippen LogP) is -6.55. The Kier molecular flexibility index (Phi) is 8.99. The molecule has 10 N–H and O–H groups in total. The van der Waals surface area contributed by atoms with Crippen molar-refractivity contribution in [2.24, 2.45) is 0 Å². The molecule has 0 aromatic rings. The van der Waals surface area contributed by atoms with Crippen LogP contribution in [0.4, 0.5) is 0 Å². The lowest BCUT2D eigenvalue weighted by Gasteiger charge is -2.48. The van der Waals surface area contributed by atoms with E-state index in [0.717, 1.165) is 0 Å². The van der Waals surface area contributed by atoms with Gasteiger partial charge in [0.1, 0.15) is 67.1 Å². The number of hydrogen-bond acceptors (Lipinski definition) is 15. The normalized spacial score (nSPS) is 53.7. The lowest BCUT2D eigenvalue weighted by atomic mass is 9.96. The first-order chi connectivity index (χ1) is 15.5. The molecule has 3 rings (SSSR count). The molecule has 3 heterocycles. The van der Waals surface area contributed by atoms with E-state index in [2.05, 4.69) is 0 Å². The summed E-state index contributed by atoms with van der Waals surface area (Å²) in [6.45, 7) is -0.127. The van der Waals surface area contributed by atoms with E-state index < -0.39 is 105 Å². The maximum absolute atomic E-state index is 10.5. The van der Waals surface area contributed by atoms with Gasteiger partial charge < -0.3 is 74.7 Å². The lowest BCUT2D eigenvalue weighted by molar-refractivity contribution is -0.382. The number of ether oxygens (including phenoxy) is 5. The fourth-order valence-corrected chi connectivity index (χ4v) is 3.99. The first-order valence-electron chi connectivity index (χ1n) is 10.4. The zero-order valence-electron chi connectivity index (χ0n) is 17.6. The number of hydrogen-bond donors (Lipinski definition) is 10.